The zero-order chi connectivity index (χ0) is 18.1. The van der Waals surface area contributed by atoms with Crippen LogP contribution < -0.4 is 0 Å². The van der Waals surface area contributed by atoms with E-state index in [9.17, 15) is 4.79 Å². The molecule has 134 valence electrons. The number of nitrogens with zero attached hydrogens (tertiary/aromatic N) is 4. The first kappa shape index (κ1) is 16.8. The Morgan fingerprint density at radius 3 is 2.58 bits per heavy atom. The third-order valence-corrected chi connectivity index (χ3v) is 5.49. The number of hydrogen-bond donors (Lipinski definition) is 0. The van der Waals surface area contributed by atoms with Crippen molar-refractivity contribution < 1.29 is 4.79 Å². The van der Waals surface area contributed by atoms with Crippen molar-refractivity contribution >= 4 is 16.9 Å². The van der Waals surface area contributed by atoms with E-state index in [-0.39, 0.29) is 11.8 Å². The molecular weight excluding hydrogens is 324 g/mol. The maximum absolute atomic E-state index is 12.9. The lowest BCUT2D eigenvalue weighted by Crippen LogP contribution is -2.40. The molecule has 3 aromatic rings. The van der Waals surface area contributed by atoms with E-state index in [1.54, 1.807) is 6.20 Å². The molecule has 4 rings (SSSR count). The zero-order valence-corrected chi connectivity index (χ0v) is 15.3. The summed E-state index contributed by atoms with van der Waals surface area (Å²) in [5, 5.41) is 5.85. The minimum Gasteiger partial charge on any atom is -0.342 e. The van der Waals surface area contributed by atoms with Crippen LogP contribution in [0.4, 0.5) is 0 Å². The molecular formula is C21H24N4O. The fraction of sp³-hybridized carbons (Fsp3) is 0.381. The third kappa shape index (κ3) is 2.98. The molecule has 0 spiro atoms. The van der Waals surface area contributed by atoms with Crippen LogP contribution in [0.5, 0.6) is 0 Å². The van der Waals surface area contributed by atoms with Crippen molar-refractivity contribution in [2.45, 2.75) is 31.6 Å². The minimum atomic E-state index is -0.0902. The van der Waals surface area contributed by atoms with Crippen LogP contribution >= 0.6 is 0 Å². The molecule has 1 aliphatic rings. The van der Waals surface area contributed by atoms with Crippen molar-refractivity contribution in [2.75, 3.05) is 13.1 Å². The summed E-state index contributed by atoms with van der Waals surface area (Å²) in [5.74, 6) is 0.522. The maximum Gasteiger partial charge on any atom is 0.229 e. The molecule has 5 heteroatoms. The number of amides is 1. The van der Waals surface area contributed by atoms with Gasteiger partial charge >= 0.3 is 0 Å². The number of benzene rings is 1. The highest BCUT2D eigenvalue weighted by Gasteiger charge is 2.29. The molecule has 2 aromatic heterocycles. The molecule has 0 radical (unpaired) electrons. The summed E-state index contributed by atoms with van der Waals surface area (Å²) in [4.78, 5) is 19.3. The Morgan fingerprint density at radius 1 is 1.12 bits per heavy atom. The highest BCUT2D eigenvalue weighted by molar-refractivity contribution is 5.83. The summed E-state index contributed by atoms with van der Waals surface area (Å²) in [6.07, 6.45) is 3.71. The molecule has 1 fully saturated rings. The van der Waals surface area contributed by atoms with Crippen molar-refractivity contribution in [1.82, 2.24) is 19.7 Å². The van der Waals surface area contributed by atoms with Crippen molar-refractivity contribution in [1.29, 1.82) is 0 Å². The van der Waals surface area contributed by atoms with E-state index in [2.05, 4.69) is 11.1 Å². The number of hydrogen-bond acceptors (Lipinski definition) is 3. The summed E-state index contributed by atoms with van der Waals surface area (Å²) >= 11 is 0. The fourth-order valence-corrected chi connectivity index (χ4v) is 3.95. The van der Waals surface area contributed by atoms with Gasteiger partial charge in [0.25, 0.3) is 0 Å². The van der Waals surface area contributed by atoms with E-state index in [1.165, 1.54) is 0 Å². The molecule has 1 atom stereocenters. The first-order valence-electron chi connectivity index (χ1n) is 9.26. The number of fused-ring (bicyclic) bond motifs is 1. The number of aryl methyl sites for hydroxylation is 1. The summed E-state index contributed by atoms with van der Waals surface area (Å²) in [7, 11) is 1.94. The van der Waals surface area contributed by atoms with Crippen LogP contribution in [0.2, 0.25) is 0 Å². The van der Waals surface area contributed by atoms with E-state index in [1.807, 2.05) is 60.0 Å². The predicted octanol–water partition coefficient (Wildman–Crippen LogP) is 3.48. The van der Waals surface area contributed by atoms with Crippen LogP contribution in [0, 0.1) is 0 Å². The second kappa shape index (κ2) is 6.90. The summed E-state index contributed by atoms with van der Waals surface area (Å²) in [6.45, 7) is 3.58. The second-order valence-electron chi connectivity index (χ2n) is 7.12. The van der Waals surface area contributed by atoms with Gasteiger partial charge in [0.05, 0.1) is 11.6 Å². The SMILES string of the molecule is C[C@H](C(=O)N1CCC(c2nn(C)c3ncccc23)CC1)c1ccccc1. The third-order valence-electron chi connectivity index (χ3n) is 5.49. The van der Waals surface area contributed by atoms with Crippen LogP contribution in [0.1, 0.15) is 42.9 Å². The van der Waals surface area contributed by atoms with Gasteiger partial charge in [-0.15, -0.1) is 0 Å². The average Bonchev–Trinajstić information content (AvgIpc) is 3.05. The largest absolute Gasteiger partial charge is 0.342 e. The predicted molar refractivity (Wildman–Crippen MR) is 102 cm³/mol. The normalized spacial score (nSPS) is 16.8. The molecule has 1 aromatic carbocycles. The summed E-state index contributed by atoms with van der Waals surface area (Å²) in [6, 6.07) is 14.1. The van der Waals surface area contributed by atoms with Crippen molar-refractivity contribution in [3.05, 3.63) is 59.9 Å². The van der Waals surface area contributed by atoms with Crippen molar-refractivity contribution in [2.24, 2.45) is 7.05 Å². The number of likely N-dealkylation sites (tertiary alicyclic amines) is 1. The van der Waals surface area contributed by atoms with E-state index in [0.29, 0.717) is 5.92 Å². The van der Waals surface area contributed by atoms with Gasteiger partial charge in [0.15, 0.2) is 5.65 Å². The number of pyridine rings is 1. The lowest BCUT2D eigenvalue weighted by atomic mass is 9.90. The van der Waals surface area contributed by atoms with Crippen LogP contribution in [0.25, 0.3) is 11.0 Å². The first-order chi connectivity index (χ1) is 12.6. The molecule has 0 saturated carbocycles. The van der Waals surface area contributed by atoms with Crippen LogP contribution in [0.3, 0.4) is 0 Å². The lowest BCUT2D eigenvalue weighted by molar-refractivity contribution is -0.133. The summed E-state index contributed by atoms with van der Waals surface area (Å²) in [5.41, 5.74) is 3.14. The smallest absolute Gasteiger partial charge is 0.229 e. The van der Waals surface area contributed by atoms with E-state index >= 15 is 0 Å². The minimum absolute atomic E-state index is 0.0902. The van der Waals surface area contributed by atoms with Gasteiger partial charge in [-0.1, -0.05) is 30.3 Å². The number of carbonyl (C=O) groups excluding carboxylic acids is 1. The van der Waals surface area contributed by atoms with E-state index in [4.69, 9.17) is 5.10 Å². The van der Waals surface area contributed by atoms with Gasteiger partial charge in [-0.3, -0.25) is 9.48 Å². The van der Waals surface area contributed by atoms with Gasteiger partial charge in [-0.05, 0) is 37.5 Å². The van der Waals surface area contributed by atoms with Gasteiger partial charge in [-0.2, -0.15) is 5.10 Å². The Morgan fingerprint density at radius 2 is 1.85 bits per heavy atom. The molecule has 0 N–H and O–H groups in total. The van der Waals surface area contributed by atoms with Crippen molar-refractivity contribution in [3.63, 3.8) is 0 Å². The number of piperidine rings is 1. The number of rotatable bonds is 3. The van der Waals surface area contributed by atoms with Crippen LogP contribution in [-0.2, 0) is 11.8 Å². The Labute approximate surface area is 153 Å². The van der Waals surface area contributed by atoms with Crippen molar-refractivity contribution in [3.8, 4) is 0 Å². The Balaban J connectivity index is 1.46. The average molecular weight is 348 g/mol. The van der Waals surface area contributed by atoms with Gasteiger partial charge in [-0.25, -0.2) is 4.98 Å². The van der Waals surface area contributed by atoms with Gasteiger partial charge in [0.1, 0.15) is 0 Å². The monoisotopic (exact) mass is 348 g/mol. The molecule has 5 nitrogen and oxygen atoms in total. The highest BCUT2D eigenvalue weighted by Crippen LogP contribution is 2.32. The molecule has 0 aliphatic carbocycles. The van der Waals surface area contributed by atoms with Gasteiger partial charge < -0.3 is 4.90 Å². The molecule has 1 saturated heterocycles. The van der Waals surface area contributed by atoms with E-state index in [0.717, 1.165) is 48.2 Å². The molecule has 0 bridgehead atoms. The van der Waals surface area contributed by atoms with Crippen LogP contribution in [-0.4, -0.2) is 38.7 Å². The molecule has 26 heavy (non-hydrogen) atoms. The quantitative estimate of drug-likeness (QED) is 0.728. The molecule has 1 aliphatic heterocycles. The fourth-order valence-electron chi connectivity index (χ4n) is 3.95. The number of carbonyl (C=O) groups is 1. The topological polar surface area (TPSA) is 51.0 Å². The van der Waals surface area contributed by atoms with Crippen LogP contribution in [0.15, 0.2) is 48.7 Å². The molecule has 3 heterocycles. The van der Waals surface area contributed by atoms with Gasteiger partial charge in [0.2, 0.25) is 5.91 Å². The standard InChI is InChI=1S/C21H24N4O/c1-15(16-7-4-3-5-8-16)21(26)25-13-10-17(11-14-25)19-18-9-6-12-22-20(18)24(2)23-19/h3-9,12,15,17H,10-11,13-14H2,1-2H3/t15-/m0/s1. The molecule has 0 unspecified atom stereocenters. The summed E-state index contributed by atoms with van der Waals surface area (Å²) < 4.78 is 1.86. The van der Waals surface area contributed by atoms with Gasteiger partial charge in [0, 0.05) is 37.6 Å². The Bertz CT molecular complexity index is 910. The first-order valence-corrected chi connectivity index (χ1v) is 9.26. The number of aromatic nitrogens is 3. The lowest BCUT2D eigenvalue weighted by Gasteiger charge is -2.33. The Hall–Kier alpha value is -2.69. The Kier molecular flexibility index (Phi) is 4.45. The second-order valence-corrected chi connectivity index (χ2v) is 7.12. The maximum atomic E-state index is 12.9. The highest BCUT2D eigenvalue weighted by atomic mass is 16.2. The molecule has 1 amide bonds. The zero-order valence-electron chi connectivity index (χ0n) is 15.3. The van der Waals surface area contributed by atoms with E-state index < -0.39 is 0 Å².